The minimum atomic E-state index is -3.39. The molecule has 0 aliphatic carbocycles. The number of nitrogens with zero attached hydrogens (tertiary/aromatic N) is 2. The highest BCUT2D eigenvalue weighted by atomic mass is 32.2. The molecule has 0 fully saturated rings. The molecule has 0 radical (unpaired) electrons. The number of amides is 1. The summed E-state index contributed by atoms with van der Waals surface area (Å²) in [6, 6.07) is 21.6. The van der Waals surface area contributed by atoms with Crippen LogP contribution in [0.3, 0.4) is 0 Å². The molecule has 0 bridgehead atoms. The van der Waals surface area contributed by atoms with Gasteiger partial charge in [0.2, 0.25) is 10.0 Å². The van der Waals surface area contributed by atoms with Crippen molar-refractivity contribution in [2.24, 2.45) is 0 Å². The third-order valence-electron chi connectivity index (χ3n) is 6.34. The molecule has 5 rings (SSSR count). The zero-order valence-electron chi connectivity index (χ0n) is 21.4. The van der Waals surface area contributed by atoms with E-state index in [1.807, 2.05) is 37.3 Å². The van der Waals surface area contributed by atoms with Crippen molar-refractivity contribution in [3.63, 3.8) is 0 Å². The second-order valence-electron chi connectivity index (χ2n) is 9.42. The third-order valence-corrected chi connectivity index (χ3v) is 6.95. The number of aromatic nitrogens is 3. The minimum Gasteiger partial charge on any atom is -0.348 e. The summed E-state index contributed by atoms with van der Waals surface area (Å²) < 4.78 is 27.0. The lowest BCUT2D eigenvalue weighted by molar-refractivity contribution is 0.0950. The highest BCUT2D eigenvalue weighted by Gasteiger charge is 2.11. The summed E-state index contributed by atoms with van der Waals surface area (Å²) in [5.74, 6) is -0.272. The summed E-state index contributed by atoms with van der Waals surface area (Å²) in [6.45, 7) is 2.50. The molecule has 10 heteroatoms. The molecular weight excluding hydrogens is 514 g/mol. The van der Waals surface area contributed by atoms with Crippen LogP contribution in [0.2, 0.25) is 0 Å². The summed E-state index contributed by atoms with van der Waals surface area (Å²) >= 11 is 0. The summed E-state index contributed by atoms with van der Waals surface area (Å²) in [6.07, 6.45) is 4.62. The van der Waals surface area contributed by atoms with Crippen molar-refractivity contribution < 1.29 is 13.2 Å². The summed E-state index contributed by atoms with van der Waals surface area (Å²) in [7, 11) is -3.39. The average Bonchev–Trinajstić information content (AvgIpc) is 3.34. The van der Waals surface area contributed by atoms with Crippen molar-refractivity contribution in [2.45, 2.75) is 20.0 Å². The zero-order valence-corrected chi connectivity index (χ0v) is 22.2. The number of nitrogens with one attached hydrogen (secondary N) is 3. The van der Waals surface area contributed by atoms with Gasteiger partial charge in [-0.1, -0.05) is 30.3 Å². The maximum Gasteiger partial charge on any atom is 0.258 e. The van der Waals surface area contributed by atoms with Gasteiger partial charge in [-0.05, 0) is 71.5 Å². The molecule has 1 amide bonds. The second kappa shape index (κ2) is 10.6. The number of sulfonamides is 1. The van der Waals surface area contributed by atoms with Gasteiger partial charge in [-0.3, -0.25) is 19.4 Å². The van der Waals surface area contributed by atoms with Crippen LogP contribution < -0.4 is 15.6 Å². The quantitative estimate of drug-likeness (QED) is 0.273. The first-order chi connectivity index (χ1) is 18.7. The molecular formula is C29H27N5O4S. The molecule has 0 aliphatic rings. The number of benzene rings is 3. The van der Waals surface area contributed by atoms with E-state index in [9.17, 15) is 18.0 Å². The molecule has 0 aliphatic heterocycles. The van der Waals surface area contributed by atoms with Crippen molar-refractivity contribution in [3.8, 4) is 11.1 Å². The number of fused-ring (bicyclic) bond motifs is 1. The molecule has 0 unspecified atom stereocenters. The van der Waals surface area contributed by atoms with Gasteiger partial charge in [0.05, 0.1) is 19.0 Å². The largest absolute Gasteiger partial charge is 0.348 e. The highest BCUT2D eigenvalue weighted by molar-refractivity contribution is 7.92. The molecule has 39 heavy (non-hydrogen) atoms. The first-order valence-corrected chi connectivity index (χ1v) is 14.1. The molecule has 198 valence electrons. The fourth-order valence-electron chi connectivity index (χ4n) is 4.47. The molecule has 0 atom stereocenters. The maximum absolute atomic E-state index is 13.2. The van der Waals surface area contributed by atoms with Crippen molar-refractivity contribution in [1.29, 1.82) is 0 Å². The van der Waals surface area contributed by atoms with Gasteiger partial charge in [0, 0.05) is 40.6 Å². The average molecular weight is 542 g/mol. The SMILES string of the molecule is Cc1[nH]ncc1-c1ccc2c(=O)n(Cc3cccc(C(=O)NCc4cccc(NS(C)(=O)=O)c4)c3)ccc2c1. The van der Waals surface area contributed by atoms with Crippen LogP contribution in [0, 0.1) is 6.92 Å². The lowest BCUT2D eigenvalue weighted by atomic mass is 10.0. The fourth-order valence-corrected chi connectivity index (χ4v) is 5.03. The predicted octanol–water partition coefficient (Wildman–Crippen LogP) is 4.05. The Morgan fingerprint density at radius 3 is 2.56 bits per heavy atom. The molecule has 0 saturated carbocycles. The smallest absolute Gasteiger partial charge is 0.258 e. The van der Waals surface area contributed by atoms with Crippen LogP contribution in [-0.2, 0) is 23.1 Å². The Bertz CT molecular complexity index is 1860. The van der Waals surface area contributed by atoms with Gasteiger partial charge in [-0.2, -0.15) is 5.10 Å². The Hall–Kier alpha value is -4.70. The van der Waals surface area contributed by atoms with Gasteiger partial charge < -0.3 is 9.88 Å². The number of rotatable bonds is 8. The normalized spacial score (nSPS) is 11.4. The number of aromatic amines is 1. The summed E-state index contributed by atoms with van der Waals surface area (Å²) in [5, 5.41) is 11.3. The summed E-state index contributed by atoms with van der Waals surface area (Å²) in [5.41, 5.74) is 5.30. The third kappa shape index (κ3) is 6.07. The first-order valence-electron chi connectivity index (χ1n) is 12.2. The highest BCUT2D eigenvalue weighted by Crippen LogP contribution is 2.24. The van der Waals surface area contributed by atoms with Gasteiger partial charge in [0.1, 0.15) is 0 Å². The van der Waals surface area contributed by atoms with Crippen molar-refractivity contribution >= 4 is 32.4 Å². The van der Waals surface area contributed by atoms with Crippen molar-refractivity contribution in [1.82, 2.24) is 20.1 Å². The maximum atomic E-state index is 13.2. The number of H-pyrrole nitrogens is 1. The molecule has 5 aromatic rings. The summed E-state index contributed by atoms with van der Waals surface area (Å²) in [4.78, 5) is 26.0. The Morgan fingerprint density at radius 1 is 1.00 bits per heavy atom. The van der Waals surface area contributed by atoms with Crippen LogP contribution in [0.5, 0.6) is 0 Å². The van der Waals surface area contributed by atoms with Crippen LogP contribution in [-0.4, -0.2) is 35.3 Å². The number of aryl methyl sites for hydroxylation is 1. The van der Waals surface area contributed by atoms with Crippen LogP contribution in [0.4, 0.5) is 5.69 Å². The molecule has 3 aromatic carbocycles. The second-order valence-corrected chi connectivity index (χ2v) is 11.2. The van der Waals surface area contributed by atoms with E-state index in [1.54, 1.807) is 59.4 Å². The number of carbonyl (C=O) groups is 1. The number of anilines is 1. The van der Waals surface area contributed by atoms with Gasteiger partial charge in [0.15, 0.2) is 0 Å². The van der Waals surface area contributed by atoms with Crippen LogP contribution in [0.1, 0.15) is 27.2 Å². The van der Waals surface area contributed by atoms with Gasteiger partial charge in [-0.15, -0.1) is 0 Å². The number of hydrogen-bond donors (Lipinski definition) is 3. The van der Waals surface area contributed by atoms with Crippen LogP contribution in [0.25, 0.3) is 21.9 Å². The van der Waals surface area contributed by atoms with Crippen molar-refractivity contribution in [3.05, 3.63) is 118 Å². The molecule has 3 N–H and O–H groups in total. The fraction of sp³-hybridized carbons (Fsp3) is 0.138. The van der Waals surface area contributed by atoms with E-state index in [-0.39, 0.29) is 18.0 Å². The van der Waals surface area contributed by atoms with E-state index >= 15 is 0 Å². The Kier molecular flexibility index (Phi) is 7.03. The van der Waals surface area contributed by atoms with Crippen molar-refractivity contribution in [2.75, 3.05) is 11.0 Å². The van der Waals surface area contributed by atoms with E-state index in [4.69, 9.17) is 0 Å². The molecule has 2 aromatic heterocycles. The van der Waals surface area contributed by atoms with E-state index in [1.165, 1.54) is 0 Å². The Labute approximate surface area is 225 Å². The van der Waals surface area contributed by atoms with E-state index in [2.05, 4.69) is 20.2 Å². The number of hydrogen-bond acceptors (Lipinski definition) is 5. The topological polar surface area (TPSA) is 126 Å². The van der Waals surface area contributed by atoms with Crippen LogP contribution >= 0.6 is 0 Å². The monoisotopic (exact) mass is 541 g/mol. The van der Waals surface area contributed by atoms with Gasteiger partial charge >= 0.3 is 0 Å². The van der Waals surface area contributed by atoms with E-state index in [0.29, 0.717) is 23.2 Å². The molecule has 0 spiro atoms. The number of pyridine rings is 1. The zero-order chi connectivity index (χ0) is 27.6. The Morgan fingerprint density at radius 2 is 1.79 bits per heavy atom. The number of carbonyl (C=O) groups excluding carboxylic acids is 1. The minimum absolute atomic E-state index is 0.111. The lowest BCUT2D eigenvalue weighted by Gasteiger charge is -2.11. The predicted molar refractivity (Wildman–Crippen MR) is 152 cm³/mol. The molecule has 0 saturated heterocycles. The lowest BCUT2D eigenvalue weighted by Crippen LogP contribution is -2.23. The Balaban J connectivity index is 1.30. The van der Waals surface area contributed by atoms with Crippen LogP contribution in [0.15, 0.2) is 90.0 Å². The molecule has 9 nitrogen and oxygen atoms in total. The first kappa shape index (κ1) is 25.9. The molecule has 2 heterocycles. The van der Waals surface area contributed by atoms with E-state index in [0.717, 1.165) is 39.6 Å². The van der Waals surface area contributed by atoms with Gasteiger partial charge in [0.25, 0.3) is 11.5 Å². The van der Waals surface area contributed by atoms with Gasteiger partial charge in [-0.25, -0.2) is 8.42 Å². The standard InChI is InChI=1S/C29H27N5O4S/c1-19-27(17-31-32-19)22-9-10-26-23(15-22)11-12-34(29(26)36)18-21-6-3-7-24(13-21)28(35)30-16-20-5-4-8-25(14-20)33-39(2,37)38/h3-15,17,33H,16,18H2,1-2H3,(H,30,35)(H,31,32). The van der Waals surface area contributed by atoms with E-state index < -0.39 is 10.0 Å².